The van der Waals surface area contributed by atoms with Gasteiger partial charge < -0.3 is 10.2 Å². The lowest BCUT2D eigenvalue weighted by atomic mass is 9.89. The minimum absolute atomic E-state index is 0.0897. The number of urea groups is 1. The summed E-state index contributed by atoms with van der Waals surface area (Å²) in [7, 11) is 0. The van der Waals surface area contributed by atoms with Gasteiger partial charge in [0.25, 0.3) is 0 Å². The summed E-state index contributed by atoms with van der Waals surface area (Å²) >= 11 is 0. The number of carbonyl (C=O) groups is 1. The van der Waals surface area contributed by atoms with Gasteiger partial charge in [0.2, 0.25) is 0 Å². The molecule has 1 heterocycles. The van der Waals surface area contributed by atoms with E-state index in [2.05, 4.69) is 19.2 Å². The van der Waals surface area contributed by atoms with Crippen molar-refractivity contribution in [1.29, 1.82) is 0 Å². The molecule has 0 aromatic heterocycles. The first kappa shape index (κ1) is 10.4. The quantitative estimate of drug-likeness (QED) is 0.696. The highest BCUT2D eigenvalue weighted by Crippen LogP contribution is 2.22. The molecule has 0 saturated carbocycles. The van der Waals surface area contributed by atoms with E-state index in [1.165, 1.54) is 0 Å². The average Bonchev–Trinajstić information content (AvgIpc) is 1.79. The third-order valence-electron chi connectivity index (χ3n) is 2.55. The maximum atomic E-state index is 11.4. The van der Waals surface area contributed by atoms with Gasteiger partial charge in [0.15, 0.2) is 0 Å². The smallest absolute Gasteiger partial charge is 0.317 e. The van der Waals surface area contributed by atoms with Crippen LogP contribution in [0.25, 0.3) is 0 Å². The molecule has 3 nitrogen and oxygen atoms in total. The molecule has 3 heteroatoms. The van der Waals surface area contributed by atoms with Crippen molar-refractivity contribution in [3.8, 4) is 0 Å². The summed E-state index contributed by atoms with van der Waals surface area (Å²) in [5, 5.41) is 2.89. The first-order valence-corrected chi connectivity index (χ1v) is 5.06. The van der Waals surface area contributed by atoms with Crippen molar-refractivity contribution in [2.45, 2.75) is 33.7 Å². The topological polar surface area (TPSA) is 32.3 Å². The Morgan fingerprint density at radius 1 is 1.31 bits per heavy atom. The Kier molecular flexibility index (Phi) is 3.17. The average molecular weight is 184 g/mol. The van der Waals surface area contributed by atoms with E-state index < -0.39 is 0 Å². The highest BCUT2D eigenvalue weighted by Gasteiger charge is 2.32. The fourth-order valence-corrected chi connectivity index (χ4v) is 1.44. The maximum Gasteiger partial charge on any atom is 0.317 e. The standard InChI is InChI=1S/C10H20N2O/c1-7(2)9-5-12(6-9)10(13)11-8(3)4/h7-9H,5-6H2,1-4H3,(H,11,13). The van der Waals surface area contributed by atoms with Crippen LogP contribution in [-0.2, 0) is 0 Å². The Morgan fingerprint density at radius 3 is 2.23 bits per heavy atom. The molecule has 1 fully saturated rings. The third-order valence-corrected chi connectivity index (χ3v) is 2.55. The van der Waals surface area contributed by atoms with Gasteiger partial charge in [0, 0.05) is 19.1 Å². The molecule has 0 radical (unpaired) electrons. The molecule has 0 unspecified atom stereocenters. The molecule has 0 aliphatic carbocycles. The maximum absolute atomic E-state index is 11.4. The van der Waals surface area contributed by atoms with Crippen molar-refractivity contribution >= 4 is 6.03 Å². The molecule has 0 bridgehead atoms. The number of amides is 2. The molecule has 0 aromatic rings. The summed E-state index contributed by atoms with van der Waals surface area (Å²) in [5.41, 5.74) is 0. The van der Waals surface area contributed by atoms with E-state index in [1.807, 2.05) is 18.7 Å². The molecule has 1 aliphatic heterocycles. The largest absolute Gasteiger partial charge is 0.336 e. The van der Waals surface area contributed by atoms with Crippen LogP contribution in [0.3, 0.4) is 0 Å². The number of carbonyl (C=O) groups excluding carboxylic acids is 1. The molecule has 2 amide bonds. The van der Waals surface area contributed by atoms with E-state index in [0.29, 0.717) is 11.8 Å². The van der Waals surface area contributed by atoms with Gasteiger partial charge in [-0.3, -0.25) is 0 Å². The lowest BCUT2D eigenvalue weighted by Crippen LogP contribution is -2.56. The Morgan fingerprint density at radius 2 is 1.85 bits per heavy atom. The molecule has 76 valence electrons. The van der Waals surface area contributed by atoms with E-state index in [0.717, 1.165) is 13.1 Å². The van der Waals surface area contributed by atoms with Gasteiger partial charge in [0.1, 0.15) is 0 Å². The lowest BCUT2D eigenvalue weighted by molar-refractivity contribution is 0.0929. The predicted molar refractivity (Wildman–Crippen MR) is 53.6 cm³/mol. The fourth-order valence-electron chi connectivity index (χ4n) is 1.44. The van der Waals surface area contributed by atoms with Crippen LogP contribution >= 0.6 is 0 Å². The first-order valence-electron chi connectivity index (χ1n) is 5.06. The highest BCUT2D eigenvalue weighted by atomic mass is 16.2. The molecule has 0 aromatic carbocycles. The zero-order valence-corrected chi connectivity index (χ0v) is 9.00. The summed E-state index contributed by atoms with van der Waals surface area (Å²) in [5.74, 6) is 1.40. The van der Waals surface area contributed by atoms with E-state index in [-0.39, 0.29) is 12.1 Å². The highest BCUT2D eigenvalue weighted by molar-refractivity contribution is 5.75. The second-order valence-corrected chi connectivity index (χ2v) is 4.51. The van der Waals surface area contributed by atoms with E-state index >= 15 is 0 Å². The Labute approximate surface area is 80.5 Å². The SMILES string of the molecule is CC(C)NC(=O)N1CC(C(C)C)C1. The molecule has 1 rings (SSSR count). The van der Waals surface area contributed by atoms with Crippen LogP contribution in [0.1, 0.15) is 27.7 Å². The van der Waals surface area contributed by atoms with Crippen LogP contribution in [0, 0.1) is 11.8 Å². The molecule has 0 spiro atoms. The molecule has 1 saturated heterocycles. The Balaban J connectivity index is 2.23. The Hall–Kier alpha value is -0.730. The number of hydrogen-bond acceptors (Lipinski definition) is 1. The zero-order chi connectivity index (χ0) is 10.0. The second kappa shape index (κ2) is 3.99. The number of likely N-dealkylation sites (tertiary alicyclic amines) is 1. The Bertz CT molecular complexity index is 183. The molecule has 1 aliphatic rings. The van der Waals surface area contributed by atoms with Crippen LogP contribution in [0.4, 0.5) is 4.79 Å². The van der Waals surface area contributed by atoms with Crippen LogP contribution in [-0.4, -0.2) is 30.1 Å². The zero-order valence-electron chi connectivity index (χ0n) is 9.00. The fraction of sp³-hybridized carbons (Fsp3) is 0.900. The normalized spacial score (nSPS) is 17.8. The number of nitrogens with zero attached hydrogens (tertiary/aromatic N) is 1. The van der Waals surface area contributed by atoms with E-state index in [1.54, 1.807) is 0 Å². The van der Waals surface area contributed by atoms with Crippen LogP contribution in [0.2, 0.25) is 0 Å². The van der Waals surface area contributed by atoms with Crippen molar-refractivity contribution in [1.82, 2.24) is 10.2 Å². The molecule has 0 atom stereocenters. The van der Waals surface area contributed by atoms with Crippen molar-refractivity contribution < 1.29 is 4.79 Å². The van der Waals surface area contributed by atoms with Crippen LogP contribution in [0.15, 0.2) is 0 Å². The number of rotatable bonds is 2. The van der Waals surface area contributed by atoms with Gasteiger partial charge in [-0.1, -0.05) is 13.8 Å². The van der Waals surface area contributed by atoms with Gasteiger partial charge in [0.05, 0.1) is 0 Å². The predicted octanol–water partition coefficient (Wildman–Crippen LogP) is 1.69. The summed E-state index contributed by atoms with van der Waals surface area (Å²) in [4.78, 5) is 13.3. The minimum atomic E-state index is 0.0897. The van der Waals surface area contributed by atoms with Crippen molar-refractivity contribution in [2.75, 3.05) is 13.1 Å². The van der Waals surface area contributed by atoms with Crippen molar-refractivity contribution in [3.63, 3.8) is 0 Å². The summed E-state index contributed by atoms with van der Waals surface area (Å²) in [6, 6.07) is 0.331. The van der Waals surface area contributed by atoms with E-state index in [9.17, 15) is 4.79 Å². The lowest BCUT2D eigenvalue weighted by Gasteiger charge is -2.41. The molecular weight excluding hydrogens is 164 g/mol. The molecule has 13 heavy (non-hydrogen) atoms. The van der Waals surface area contributed by atoms with Crippen molar-refractivity contribution in [3.05, 3.63) is 0 Å². The molecule has 1 N–H and O–H groups in total. The molecular formula is C10H20N2O. The van der Waals surface area contributed by atoms with Gasteiger partial charge in [-0.2, -0.15) is 0 Å². The van der Waals surface area contributed by atoms with Crippen molar-refractivity contribution in [2.24, 2.45) is 11.8 Å². The van der Waals surface area contributed by atoms with Crippen LogP contribution in [0.5, 0.6) is 0 Å². The summed E-state index contributed by atoms with van der Waals surface area (Å²) in [6.45, 7) is 10.2. The van der Waals surface area contributed by atoms with Gasteiger partial charge >= 0.3 is 6.03 Å². The van der Waals surface area contributed by atoms with Gasteiger partial charge in [-0.05, 0) is 25.7 Å². The van der Waals surface area contributed by atoms with E-state index in [4.69, 9.17) is 0 Å². The monoisotopic (exact) mass is 184 g/mol. The van der Waals surface area contributed by atoms with Gasteiger partial charge in [-0.25, -0.2) is 4.79 Å². The summed E-state index contributed by atoms with van der Waals surface area (Å²) < 4.78 is 0. The van der Waals surface area contributed by atoms with Crippen LogP contribution < -0.4 is 5.32 Å². The number of hydrogen-bond donors (Lipinski definition) is 1. The third kappa shape index (κ3) is 2.61. The minimum Gasteiger partial charge on any atom is -0.336 e. The first-order chi connectivity index (χ1) is 6.00. The second-order valence-electron chi connectivity index (χ2n) is 4.51. The summed E-state index contributed by atoms with van der Waals surface area (Å²) in [6.07, 6.45) is 0. The van der Waals surface area contributed by atoms with Gasteiger partial charge in [-0.15, -0.1) is 0 Å². The number of nitrogens with one attached hydrogen (secondary N) is 1.